The van der Waals surface area contributed by atoms with Crippen molar-refractivity contribution in [1.82, 2.24) is 9.78 Å². The quantitative estimate of drug-likeness (QED) is 0.636. The number of rotatable bonds is 7. The van der Waals surface area contributed by atoms with E-state index in [1.54, 1.807) is 0 Å². The normalized spacial score (nSPS) is 16.5. The molecular weight excluding hydrogens is 357 g/mol. The second kappa shape index (κ2) is 7.71. The van der Waals surface area contributed by atoms with E-state index in [4.69, 9.17) is 4.74 Å². The lowest BCUT2D eigenvalue weighted by Crippen LogP contribution is -2.13. The van der Waals surface area contributed by atoms with Crippen molar-refractivity contribution in [3.8, 4) is 17.0 Å². The first-order chi connectivity index (χ1) is 13.1. The standard InChI is InChI=1S/C21H24N3O2P/c1-23(2)19-9-4-3-6-16(19)12-24-20(11-17(13-25)22-24)15-7-5-8-18(10-15)26-21-14-27-21/h3-11,21,25,27H,12-14H2,1-2H3. The van der Waals surface area contributed by atoms with E-state index < -0.39 is 0 Å². The van der Waals surface area contributed by atoms with Crippen LogP contribution < -0.4 is 9.64 Å². The van der Waals surface area contributed by atoms with Gasteiger partial charge in [0, 0.05) is 31.5 Å². The summed E-state index contributed by atoms with van der Waals surface area (Å²) in [4.78, 5) is 2.11. The average molecular weight is 381 g/mol. The minimum atomic E-state index is -0.0747. The van der Waals surface area contributed by atoms with Gasteiger partial charge in [-0.25, -0.2) is 0 Å². The first-order valence-corrected chi connectivity index (χ1v) is 10.4. The van der Waals surface area contributed by atoms with Gasteiger partial charge in [0.25, 0.3) is 0 Å². The summed E-state index contributed by atoms with van der Waals surface area (Å²) >= 11 is 0. The summed E-state index contributed by atoms with van der Waals surface area (Å²) in [6.07, 6.45) is 1.16. The van der Waals surface area contributed by atoms with E-state index in [0.29, 0.717) is 18.1 Å². The Morgan fingerprint density at radius 3 is 2.74 bits per heavy atom. The number of ether oxygens (including phenoxy) is 1. The van der Waals surface area contributed by atoms with E-state index in [9.17, 15) is 5.11 Å². The summed E-state index contributed by atoms with van der Waals surface area (Å²) in [5.41, 5.74) is 5.05. The van der Waals surface area contributed by atoms with Crippen molar-refractivity contribution in [2.45, 2.75) is 19.0 Å². The minimum absolute atomic E-state index is 0.0747. The second-order valence-corrected chi connectivity index (χ2v) is 8.36. The molecule has 3 aromatic rings. The van der Waals surface area contributed by atoms with E-state index in [1.807, 2.05) is 49.1 Å². The lowest BCUT2D eigenvalue weighted by molar-refractivity contribution is 0.275. The molecule has 6 heteroatoms. The molecule has 2 aromatic carbocycles. The molecule has 1 N–H and O–H groups in total. The SMILES string of the molecule is CN(C)c1ccccc1Cn1nc(CO)cc1-c1cccc(OC2CP2)c1. The van der Waals surface area contributed by atoms with Crippen LogP contribution in [0.1, 0.15) is 11.3 Å². The van der Waals surface area contributed by atoms with E-state index in [1.165, 1.54) is 5.56 Å². The molecule has 5 nitrogen and oxygen atoms in total. The van der Waals surface area contributed by atoms with Crippen LogP contribution in [-0.4, -0.2) is 41.0 Å². The van der Waals surface area contributed by atoms with Gasteiger partial charge >= 0.3 is 0 Å². The predicted molar refractivity (Wildman–Crippen MR) is 111 cm³/mol. The molecule has 4 rings (SSSR count). The van der Waals surface area contributed by atoms with Crippen molar-refractivity contribution in [2.75, 3.05) is 25.2 Å². The number of hydrogen-bond donors (Lipinski definition) is 1. The van der Waals surface area contributed by atoms with Gasteiger partial charge in [-0.2, -0.15) is 5.10 Å². The van der Waals surface area contributed by atoms with Crippen LogP contribution in [0, 0.1) is 0 Å². The Morgan fingerprint density at radius 1 is 1.19 bits per heavy atom. The van der Waals surface area contributed by atoms with Crippen LogP contribution in [0.25, 0.3) is 11.3 Å². The monoisotopic (exact) mass is 381 g/mol. The fourth-order valence-electron chi connectivity index (χ4n) is 3.17. The van der Waals surface area contributed by atoms with E-state index in [0.717, 1.165) is 37.4 Å². The van der Waals surface area contributed by atoms with E-state index in [-0.39, 0.29) is 6.61 Å². The van der Waals surface area contributed by atoms with Crippen LogP contribution in [0.15, 0.2) is 54.6 Å². The Kier molecular flexibility index (Phi) is 5.15. The van der Waals surface area contributed by atoms with E-state index >= 15 is 0 Å². The molecule has 1 aliphatic heterocycles. The number of nitrogens with zero attached hydrogens (tertiary/aromatic N) is 3. The Hall–Kier alpha value is -2.36. The highest BCUT2D eigenvalue weighted by Crippen LogP contribution is 2.40. The van der Waals surface area contributed by atoms with Crippen LogP contribution in [-0.2, 0) is 13.2 Å². The lowest BCUT2D eigenvalue weighted by atomic mass is 10.1. The molecule has 0 bridgehead atoms. The number of aliphatic hydroxyl groups excluding tert-OH is 1. The van der Waals surface area contributed by atoms with Crippen molar-refractivity contribution >= 4 is 14.3 Å². The van der Waals surface area contributed by atoms with Gasteiger partial charge in [-0.3, -0.25) is 4.68 Å². The third-order valence-corrected chi connectivity index (χ3v) is 5.42. The molecule has 0 radical (unpaired) electrons. The fraction of sp³-hybridized carbons (Fsp3) is 0.286. The summed E-state index contributed by atoms with van der Waals surface area (Å²) in [6, 6.07) is 18.4. The number of hydrogen-bond acceptors (Lipinski definition) is 4. The second-order valence-electron chi connectivity index (χ2n) is 6.90. The van der Waals surface area contributed by atoms with Crippen LogP contribution >= 0.6 is 8.58 Å². The third kappa shape index (κ3) is 4.15. The number of aliphatic hydroxyl groups is 1. The highest BCUT2D eigenvalue weighted by atomic mass is 31.1. The molecule has 2 heterocycles. The number of aromatic nitrogens is 2. The Bertz CT molecular complexity index is 935. The van der Waals surface area contributed by atoms with Gasteiger partial charge in [0.2, 0.25) is 0 Å². The Morgan fingerprint density at radius 2 is 2.00 bits per heavy atom. The lowest BCUT2D eigenvalue weighted by Gasteiger charge is -2.18. The van der Waals surface area contributed by atoms with Crippen LogP contribution in [0.4, 0.5) is 5.69 Å². The average Bonchev–Trinajstić information content (AvgIpc) is 3.39. The van der Waals surface area contributed by atoms with Crippen molar-refractivity contribution in [3.05, 3.63) is 65.9 Å². The van der Waals surface area contributed by atoms with Gasteiger partial charge in [-0.05, 0) is 29.8 Å². The highest BCUT2D eigenvalue weighted by Gasteiger charge is 2.23. The maximum Gasteiger partial charge on any atom is 0.120 e. The first-order valence-electron chi connectivity index (χ1n) is 9.07. The molecule has 1 saturated heterocycles. The molecule has 1 aromatic heterocycles. The van der Waals surface area contributed by atoms with Gasteiger partial charge in [0.15, 0.2) is 0 Å². The van der Waals surface area contributed by atoms with Crippen molar-refractivity contribution in [2.24, 2.45) is 0 Å². The Labute approximate surface area is 161 Å². The molecule has 2 unspecified atom stereocenters. The fourth-order valence-corrected chi connectivity index (χ4v) is 3.57. The van der Waals surface area contributed by atoms with E-state index in [2.05, 4.69) is 34.3 Å². The van der Waals surface area contributed by atoms with Crippen molar-refractivity contribution in [3.63, 3.8) is 0 Å². The molecule has 1 aliphatic rings. The van der Waals surface area contributed by atoms with Crippen molar-refractivity contribution in [1.29, 1.82) is 0 Å². The molecule has 140 valence electrons. The molecule has 0 saturated carbocycles. The maximum atomic E-state index is 9.61. The number of anilines is 1. The molecule has 1 fully saturated rings. The first kappa shape index (κ1) is 18.0. The smallest absolute Gasteiger partial charge is 0.120 e. The van der Waals surface area contributed by atoms with Gasteiger partial charge in [-0.15, -0.1) is 0 Å². The summed E-state index contributed by atoms with van der Waals surface area (Å²) in [5, 5.41) is 14.2. The molecular formula is C21H24N3O2P. The zero-order valence-corrected chi connectivity index (χ0v) is 16.6. The molecule has 0 aliphatic carbocycles. The zero-order chi connectivity index (χ0) is 18.8. The van der Waals surface area contributed by atoms with Gasteiger partial charge < -0.3 is 14.7 Å². The predicted octanol–water partition coefficient (Wildman–Crippen LogP) is 3.55. The highest BCUT2D eigenvalue weighted by molar-refractivity contribution is 7.47. The topological polar surface area (TPSA) is 50.5 Å². The molecule has 0 amide bonds. The molecule has 2 atom stereocenters. The number of benzene rings is 2. The summed E-state index contributed by atoms with van der Waals surface area (Å²) < 4.78 is 7.92. The number of para-hydroxylation sites is 1. The Balaban J connectivity index is 1.69. The third-order valence-electron chi connectivity index (χ3n) is 4.57. The summed E-state index contributed by atoms with van der Waals surface area (Å²) in [7, 11) is 5.00. The van der Waals surface area contributed by atoms with Gasteiger partial charge in [0.1, 0.15) is 11.6 Å². The van der Waals surface area contributed by atoms with Gasteiger partial charge in [-0.1, -0.05) is 38.9 Å². The van der Waals surface area contributed by atoms with Crippen LogP contribution in [0.3, 0.4) is 0 Å². The van der Waals surface area contributed by atoms with Crippen molar-refractivity contribution < 1.29 is 9.84 Å². The molecule has 0 spiro atoms. The summed E-state index contributed by atoms with van der Waals surface area (Å²) in [6.45, 7) is 0.563. The van der Waals surface area contributed by atoms with Crippen LogP contribution in [0.5, 0.6) is 5.75 Å². The largest absolute Gasteiger partial charge is 0.486 e. The zero-order valence-electron chi connectivity index (χ0n) is 15.6. The minimum Gasteiger partial charge on any atom is -0.486 e. The van der Waals surface area contributed by atoms with Gasteiger partial charge in [0.05, 0.1) is 24.5 Å². The van der Waals surface area contributed by atoms with Crippen LogP contribution in [0.2, 0.25) is 0 Å². The summed E-state index contributed by atoms with van der Waals surface area (Å²) in [5.74, 6) is 1.29. The maximum absolute atomic E-state index is 9.61. The molecule has 27 heavy (non-hydrogen) atoms.